The van der Waals surface area contributed by atoms with Gasteiger partial charge in [-0.15, -0.1) is 0 Å². The fourth-order valence-electron chi connectivity index (χ4n) is 2.22. The van der Waals surface area contributed by atoms with Gasteiger partial charge in [-0.2, -0.15) is 0 Å². The Hall–Kier alpha value is -0.760. The Kier molecular flexibility index (Phi) is 2.69. The summed E-state index contributed by atoms with van der Waals surface area (Å²) in [6, 6.07) is 2.72. The van der Waals surface area contributed by atoms with E-state index in [9.17, 15) is 0 Å². The fraction of sp³-hybridized carbons (Fsp3) is 0.636. The molecule has 1 aromatic heterocycles. The van der Waals surface area contributed by atoms with Crippen molar-refractivity contribution >= 4 is 0 Å². The van der Waals surface area contributed by atoms with Crippen molar-refractivity contribution in [3.8, 4) is 0 Å². The largest absolute Gasteiger partial charge is 0.472 e. The minimum absolute atomic E-state index is 0.624. The molecule has 0 spiro atoms. The SMILES string of the molecule is CCCN1CCCC1c1ccoc1. The summed E-state index contributed by atoms with van der Waals surface area (Å²) >= 11 is 0. The molecule has 0 N–H and O–H groups in total. The quantitative estimate of drug-likeness (QED) is 0.709. The van der Waals surface area contributed by atoms with Gasteiger partial charge in [0.1, 0.15) is 0 Å². The van der Waals surface area contributed by atoms with Gasteiger partial charge >= 0.3 is 0 Å². The molecule has 13 heavy (non-hydrogen) atoms. The third-order valence-electron chi connectivity index (χ3n) is 2.80. The lowest BCUT2D eigenvalue weighted by Gasteiger charge is -2.22. The highest BCUT2D eigenvalue weighted by atomic mass is 16.3. The molecule has 1 aromatic rings. The number of hydrogen-bond donors (Lipinski definition) is 0. The van der Waals surface area contributed by atoms with Crippen LogP contribution in [0.2, 0.25) is 0 Å². The normalized spacial score (nSPS) is 23.9. The van der Waals surface area contributed by atoms with Gasteiger partial charge in [0, 0.05) is 11.6 Å². The fourth-order valence-corrected chi connectivity index (χ4v) is 2.22. The Morgan fingerprint density at radius 3 is 3.23 bits per heavy atom. The molecule has 0 bridgehead atoms. The molecule has 0 radical (unpaired) electrons. The Morgan fingerprint density at radius 1 is 1.62 bits per heavy atom. The van der Waals surface area contributed by atoms with E-state index in [1.54, 1.807) is 6.26 Å². The van der Waals surface area contributed by atoms with Gasteiger partial charge in [0.15, 0.2) is 0 Å². The third kappa shape index (κ3) is 1.78. The lowest BCUT2D eigenvalue weighted by Crippen LogP contribution is -2.23. The van der Waals surface area contributed by atoms with Crippen molar-refractivity contribution in [2.24, 2.45) is 0 Å². The average molecular weight is 179 g/mol. The van der Waals surface area contributed by atoms with Crippen LogP contribution in [0, 0.1) is 0 Å². The molecule has 1 aliphatic rings. The van der Waals surface area contributed by atoms with Gasteiger partial charge in [-0.05, 0) is 38.4 Å². The molecule has 1 atom stereocenters. The van der Waals surface area contributed by atoms with Crippen LogP contribution in [0.5, 0.6) is 0 Å². The minimum Gasteiger partial charge on any atom is -0.472 e. The first-order valence-corrected chi connectivity index (χ1v) is 5.18. The smallest absolute Gasteiger partial charge is 0.0950 e. The monoisotopic (exact) mass is 179 g/mol. The molecule has 2 nitrogen and oxygen atoms in total. The summed E-state index contributed by atoms with van der Waals surface area (Å²) in [5.41, 5.74) is 1.35. The van der Waals surface area contributed by atoms with Gasteiger partial charge in [-0.25, -0.2) is 0 Å². The Labute approximate surface area is 79.5 Å². The van der Waals surface area contributed by atoms with E-state index in [1.165, 1.54) is 37.9 Å². The molecule has 0 amide bonds. The summed E-state index contributed by atoms with van der Waals surface area (Å²) in [7, 11) is 0. The maximum Gasteiger partial charge on any atom is 0.0950 e. The molecule has 0 saturated carbocycles. The molecule has 2 heterocycles. The molecule has 72 valence electrons. The van der Waals surface area contributed by atoms with E-state index in [0.717, 1.165) is 0 Å². The number of likely N-dealkylation sites (tertiary alicyclic amines) is 1. The molecule has 1 aliphatic heterocycles. The summed E-state index contributed by atoms with van der Waals surface area (Å²) in [6.45, 7) is 4.71. The van der Waals surface area contributed by atoms with Crippen LogP contribution < -0.4 is 0 Å². The summed E-state index contributed by atoms with van der Waals surface area (Å²) in [6.07, 6.45) is 7.53. The lowest BCUT2D eigenvalue weighted by molar-refractivity contribution is 0.257. The van der Waals surface area contributed by atoms with Crippen LogP contribution >= 0.6 is 0 Å². The van der Waals surface area contributed by atoms with E-state index in [4.69, 9.17) is 4.42 Å². The molecule has 2 rings (SSSR count). The Balaban J connectivity index is 2.05. The maximum absolute atomic E-state index is 5.13. The van der Waals surface area contributed by atoms with E-state index >= 15 is 0 Å². The van der Waals surface area contributed by atoms with Crippen LogP contribution in [0.25, 0.3) is 0 Å². The standard InChI is InChI=1S/C11H17NO/c1-2-6-12-7-3-4-11(12)10-5-8-13-9-10/h5,8-9,11H,2-4,6-7H2,1H3. The van der Waals surface area contributed by atoms with Crippen molar-refractivity contribution in [1.82, 2.24) is 4.90 Å². The van der Waals surface area contributed by atoms with Crippen LogP contribution in [0.4, 0.5) is 0 Å². The topological polar surface area (TPSA) is 16.4 Å². The van der Waals surface area contributed by atoms with Gasteiger partial charge in [0.2, 0.25) is 0 Å². The summed E-state index contributed by atoms with van der Waals surface area (Å²) < 4.78 is 5.13. The average Bonchev–Trinajstić information content (AvgIpc) is 2.71. The second kappa shape index (κ2) is 3.97. The van der Waals surface area contributed by atoms with E-state index in [0.29, 0.717) is 6.04 Å². The Bertz CT molecular complexity index is 243. The maximum atomic E-state index is 5.13. The van der Waals surface area contributed by atoms with Gasteiger partial charge < -0.3 is 4.42 Å². The van der Waals surface area contributed by atoms with Crippen molar-refractivity contribution in [3.05, 3.63) is 24.2 Å². The predicted octanol–water partition coefficient (Wildman–Crippen LogP) is 2.83. The van der Waals surface area contributed by atoms with Crippen molar-refractivity contribution in [3.63, 3.8) is 0 Å². The molecular weight excluding hydrogens is 162 g/mol. The highest BCUT2D eigenvalue weighted by Crippen LogP contribution is 2.31. The molecule has 1 unspecified atom stereocenters. The predicted molar refractivity (Wildman–Crippen MR) is 52.5 cm³/mol. The van der Waals surface area contributed by atoms with Crippen LogP contribution in [0.1, 0.15) is 37.8 Å². The van der Waals surface area contributed by atoms with Crippen LogP contribution in [0.15, 0.2) is 23.0 Å². The molecule has 0 aliphatic carbocycles. The van der Waals surface area contributed by atoms with Gasteiger partial charge in [0.25, 0.3) is 0 Å². The van der Waals surface area contributed by atoms with Crippen molar-refractivity contribution in [2.45, 2.75) is 32.2 Å². The second-order valence-corrected chi connectivity index (χ2v) is 3.75. The van der Waals surface area contributed by atoms with Crippen LogP contribution in [-0.4, -0.2) is 18.0 Å². The Morgan fingerprint density at radius 2 is 2.54 bits per heavy atom. The van der Waals surface area contributed by atoms with Crippen molar-refractivity contribution < 1.29 is 4.42 Å². The molecular formula is C11H17NO. The number of rotatable bonds is 3. The number of furan rings is 1. The summed E-state index contributed by atoms with van der Waals surface area (Å²) in [5, 5.41) is 0. The highest BCUT2D eigenvalue weighted by molar-refractivity contribution is 5.13. The second-order valence-electron chi connectivity index (χ2n) is 3.75. The highest BCUT2D eigenvalue weighted by Gasteiger charge is 2.25. The van der Waals surface area contributed by atoms with E-state index in [2.05, 4.69) is 17.9 Å². The van der Waals surface area contributed by atoms with E-state index < -0.39 is 0 Å². The molecule has 1 fully saturated rings. The van der Waals surface area contributed by atoms with Crippen LogP contribution in [0.3, 0.4) is 0 Å². The van der Waals surface area contributed by atoms with Crippen LogP contribution in [-0.2, 0) is 0 Å². The van der Waals surface area contributed by atoms with Crippen molar-refractivity contribution in [1.29, 1.82) is 0 Å². The lowest BCUT2D eigenvalue weighted by atomic mass is 10.1. The first-order valence-electron chi connectivity index (χ1n) is 5.18. The molecule has 2 heteroatoms. The minimum atomic E-state index is 0.624. The van der Waals surface area contributed by atoms with Gasteiger partial charge in [-0.3, -0.25) is 4.90 Å². The summed E-state index contributed by atoms with van der Waals surface area (Å²) in [5.74, 6) is 0. The summed E-state index contributed by atoms with van der Waals surface area (Å²) in [4.78, 5) is 2.56. The zero-order valence-electron chi connectivity index (χ0n) is 8.20. The molecule has 1 saturated heterocycles. The zero-order valence-corrected chi connectivity index (χ0v) is 8.20. The van der Waals surface area contributed by atoms with E-state index in [-0.39, 0.29) is 0 Å². The van der Waals surface area contributed by atoms with E-state index in [1.807, 2.05) is 6.26 Å². The molecule has 0 aromatic carbocycles. The first-order chi connectivity index (χ1) is 6.42. The van der Waals surface area contributed by atoms with Gasteiger partial charge in [0.05, 0.1) is 12.5 Å². The zero-order chi connectivity index (χ0) is 9.10. The van der Waals surface area contributed by atoms with Gasteiger partial charge in [-0.1, -0.05) is 6.92 Å². The number of hydrogen-bond acceptors (Lipinski definition) is 2. The number of nitrogens with zero attached hydrogens (tertiary/aromatic N) is 1. The first kappa shape index (κ1) is 8.82. The third-order valence-corrected chi connectivity index (χ3v) is 2.80. The van der Waals surface area contributed by atoms with Crippen molar-refractivity contribution in [2.75, 3.05) is 13.1 Å².